The van der Waals surface area contributed by atoms with Crippen LogP contribution >= 0.6 is 0 Å². The van der Waals surface area contributed by atoms with Crippen LogP contribution in [0, 0.1) is 5.41 Å². The van der Waals surface area contributed by atoms with Gasteiger partial charge in [-0.2, -0.15) is 0 Å². The Morgan fingerprint density at radius 3 is 2.71 bits per heavy atom. The minimum Gasteiger partial charge on any atom is -0.356 e. The van der Waals surface area contributed by atoms with Crippen LogP contribution in [0.2, 0.25) is 0 Å². The van der Waals surface area contributed by atoms with Gasteiger partial charge >= 0.3 is 0 Å². The third-order valence-electron chi connectivity index (χ3n) is 5.87. The van der Waals surface area contributed by atoms with Crippen molar-refractivity contribution in [2.75, 3.05) is 13.6 Å². The molecular weight excluding hydrogens is 300 g/mol. The highest BCUT2D eigenvalue weighted by atomic mass is 15.3. The predicted octanol–water partition coefficient (Wildman–Crippen LogP) is 2.64. The molecule has 1 aromatic rings. The van der Waals surface area contributed by atoms with Crippen LogP contribution in [-0.2, 0) is 19.5 Å². The van der Waals surface area contributed by atoms with E-state index in [2.05, 4.69) is 37.3 Å². The summed E-state index contributed by atoms with van der Waals surface area (Å²) in [6.07, 6.45) is 11.5. The van der Waals surface area contributed by atoms with Crippen LogP contribution < -0.4 is 10.6 Å². The first-order chi connectivity index (χ1) is 11.8. The van der Waals surface area contributed by atoms with Crippen molar-refractivity contribution in [3.63, 3.8) is 0 Å². The van der Waals surface area contributed by atoms with Crippen LogP contribution in [0.3, 0.4) is 0 Å². The maximum absolute atomic E-state index is 4.38. The first kappa shape index (κ1) is 17.2. The summed E-state index contributed by atoms with van der Waals surface area (Å²) in [6, 6.07) is 0. The van der Waals surface area contributed by atoms with Gasteiger partial charge in [-0.3, -0.25) is 4.99 Å². The fourth-order valence-electron chi connectivity index (χ4n) is 4.11. The van der Waals surface area contributed by atoms with Crippen LogP contribution in [-0.4, -0.2) is 34.3 Å². The number of aliphatic imine (C=N–C) groups is 1. The normalized spacial score (nSPS) is 20.5. The van der Waals surface area contributed by atoms with E-state index in [0.29, 0.717) is 12.0 Å². The lowest BCUT2D eigenvalue weighted by atomic mass is 9.83. The number of nitrogens with one attached hydrogen (secondary N) is 2. The number of guanidine groups is 1. The van der Waals surface area contributed by atoms with Crippen molar-refractivity contribution < 1.29 is 0 Å². The Bertz CT molecular complexity index is 556. The standard InChI is InChI=1S/C18H32N6/c1-3-18(10-6-7-11-18)14-21-17(19-2)20-13-16-23-22-15-9-5-4-8-12-24(15)16/h3-14H2,1-2H3,(H2,19,20,21). The third-order valence-corrected chi connectivity index (χ3v) is 5.87. The average Bonchev–Trinajstić information content (AvgIpc) is 3.17. The zero-order valence-electron chi connectivity index (χ0n) is 15.3. The van der Waals surface area contributed by atoms with Crippen molar-refractivity contribution in [3.05, 3.63) is 11.6 Å². The van der Waals surface area contributed by atoms with Gasteiger partial charge in [-0.25, -0.2) is 0 Å². The first-order valence-electron chi connectivity index (χ1n) is 9.62. The number of hydrogen-bond donors (Lipinski definition) is 2. The number of fused-ring (bicyclic) bond motifs is 1. The highest BCUT2D eigenvalue weighted by Crippen LogP contribution is 2.40. The summed E-state index contributed by atoms with van der Waals surface area (Å²) in [7, 11) is 1.84. The van der Waals surface area contributed by atoms with Gasteiger partial charge in [0.2, 0.25) is 0 Å². The molecule has 0 radical (unpaired) electrons. The van der Waals surface area contributed by atoms with E-state index in [1.54, 1.807) is 0 Å². The van der Waals surface area contributed by atoms with Crippen molar-refractivity contribution in [1.29, 1.82) is 0 Å². The summed E-state index contributed by atoms with van der Waals surface area (Å²) in [5.74, 6) is 3.05. The molecule has 0 atom stereocenters. The Balaban J connectivity index is 1.54. The van der Waals surface area contributed by atoms with Crippen LogP contribution in [0.25, 0.3) is 0 Å². The van der Waals surface area contributed by atoms with E-state index in [-0.39, 0.29) is 0 Å². The van der Waals surface area contributed by atoms with E-state index in [0.717, 1.165) is 37.1 Å². The van der Waals surface area contributed by atoms with E-state index < -0.39 is 0 Å². The molecule has 24 heavy (non-hydrogen) atoms. The molecule has 1 aromatic heterocycles. The maximum atomic E-state index is 4.38. The Hall–Kier alpha value is -1.59. The van der Waals surface area contributed by atoms with Crippen LogP contribution in [0.15, 0.2) is 4.99 Å². The molecule has 2 heterocycles. The quantitative estimate of drug-likeness (QED) is 0.642. The van der Waals surface area contributed by atoms with Gasteiger partial charge in [0.05, 0.1) is 6.54 Å². The third kappa shape index (κ3) is 3.90. The molecule has 0 saturated heterocycles. The van der Waals surface area contributed by atoms with E-state index in [9.17, 15) is 0 Å². The molecule has 0 amide bonds. The Labute approximate surface area is 145 Å². The van der Waals surface area contributed by atoms with Crippen LogP contribution in [0.1, 0.15) is 69.9 Å². The molecule has 134 valence electrons. The number of nitrogens with zero attached hydrogens (tertiary/aromatic N) is 4. The molecule has 1 saturated carbocycles. The van der Waals surface area contributed by atoms with Crippen molar-refractivity contribution in [1.82, 2.24) is 25.4 Å². The van der Waals surface area contributed by atoms with Crippen molar-refractivity contribution in [2.24, 2.45) is 10.4 Å². The van der Waals surface area contributed by atoms with Crippen LogP contribution in [0.5, 0.6) is 0 Å². The summed E-state index contributed by atoms with van der Waals surface area (Å²) in [4.78, 5) is 4.38. The van der Waals surface area contributed by atoms with Gasteiger partial charge in [-0.15, -0.1) is 10.2 Å². The Kier molecular flexibility index (Phi) is 5.74. The van der Waals surface area contributed by atoms with Gasteiger partial charge in [0.1, 0.15) is 5.82 Å². The predicted molar refractivity (Wildman–Crippen MR) is 97.0 cm³/mol. The summed E-state index contributed by atoms with van der Waals surface area (Å²) in [5, 5.41) is 15.7. The fraction of sp³-hybridized carbons (Fsp3) is 0.833. The van der Waals surface area contributed by atoms with Gasteiger partial charge in [0, 0.05) is 26.6 Å². The smallest absolute Gasteiger partial charge is 0.191 e. The van der Waals surface area contributed by atoms with Crippen LogP contribution in [0.4, 0.5) is 0 Å². The minimum absolute atomic E-state index is 0.462. The fourth-order valence-corrected chi connectivity index (χ4v) is 4.11. The summed E-state index contributed by atoms with van der Waals surface area (Å²) < 4.78 is 2.29. The molecule has 0 spiro atoms. The van der Waals surface area contributed by atoms with E-state index in [4.69, 9.17) is 0 Å². The van der Waals surface area contributed by atoms with E-state index in [1.165, 1.54) is 51.4 Å². The molecule has 1 aliphatic carbocycles. The molecule has 3 rings (SSSR count). The van der Waals surface area contributed by atoms with E-state index in [1.807, 2.05) is 7.05 Å². The largest absolute Gasteiger partial charge is 0.356 e. The molecule has 0 unspecified atom stereocenters. The lowest BCUT2D eigenvalue weighted by Crippen LogP contribution is -2.42. The molecule has 2 aliphatic rings. The lowest BCUT2D eigenvalue weighted by molar-refractivity contribution is 0.283. The molecule has 6 nitrogen and oxygen atoms in total. The SMILES string of the molecule is CCC1(CNC(=NC)NCc2nnc3n2CCCCC3)CCCC1. The Morgan fingerprint density at radius 2 is 1.96 bits per heavy atom. The van der Waals surface area contributed by atoms with Crippen molar-refractivity contribution in [2.45, 2.75) is 77.8 Å². The first-order valence-corrected chi connectivity index (χ1v) is 9.62. The number of aryl methyl sites for hydroxylation is 1. The zero-order chi connectivity index (χ0) is 16.8. The van der Waals surface area contributed by atoms with Gasteiger partial charge in [0.25, 0.3) is 0 Å². The highest BCUT2D eigenvalue weighted by molar-refractivity contribution is 5.79. The molecule has 0 aromatic carbocycles. The molecule has 6 heteroatoms. The second-order valence-corrected chi connectivity index (χ2v) is 7.33. The number of aromatic nitrogens is 3. The monoisotopic (exact) mass is 332 g/mol. The van der Waals surface area contributed by atoms with Gasteiger partial charge < -0.3 is 15.2 Å². The van der Waals surface area contributed by atoms with E-state index >= 15 is 0 Å². The Morgan fingerprint density at radius 1 is 1.12 bits per heavy atom. The summed E-state index contributed by atoms with van der Waals surface area (Å²) >= 11 is 0. The van der Waals surface area contributed by atoms with Gasteiger partial charge in [-0.05, 0) is 37.5 Å². The minimum atomic E-state index is 0.462. The van der Waals surface area contributed by atoms with Crippen molar-refractivity contribution in [3.8, 4) is 0 Å². The maximum Gasteiger partial charge on any atom is 0.191 e. The molecular formula is C18H32N6. The molecule has 0 bridgehead atoms. The molecule has 1 aliphatic heterocycles. The second-order valence-electron chi connectivity index (χ2n) is 7.33. The summed E-state index contributed by atoms with van der Waals surface area (Å²) in [5.41, 5.74) is 0.462. The second kappa shape index (κ2) is 7.99. The topological polar surface area (TPSA) is 67.1 Å². The zero-order valence-corrected chi connectivity index (χ0v) is 15.3. The summed E-state index contributed by atoms with van der Waals surface area (Å²) in [6.45, 7) is 5.06. The number of hydrogen-bond acceptors (Lipinski definition) is 3. The lowest BCUT2D eigenvalue weighted by Gasteiger charge is -2.28. The van der Waals surface area contributed by atoms with Gasteiger partial charge in [0.15, 0.2) is 11.8 Å². The van der Waals surface area contributed by atoms with Gasteiger partial charge in [-0.1, -0.05) is 26.2 Å². The highest BCUT2D eigenvalue weighted by Gasteiger charge is 2.31. The van der Waals surface area contributed by atoms with Crippen molar-refractivity contribution >= 4 is 5.96 Å². The average molecular weight is 332 g/mol. The molecule has 1 fully saturated rings. The molecule has 2 N–H and O–H groups in total. The number of rotatable bonds is 5.